The number of benzene rings is 1. The highest BCUT2D eigenvalue weighted by Gasteiger charge is 2.18. The molecule has 0 aliphatic heterocycles. The van der Waals surface area contributed by atoms with Gasteiger partial charge in [0.15, 0.2) is 0 Å². The van der Waals surface area contributed by atoms with Gasteiger partial charge in [0, 0.05) is 5.56 Å². The molecule has 3 rings (SSSR count). The van der Waals surface area contributed by atoms with E-state index in [1.165, 1.54) is 0 Å². The van der Waals surface area contributed by atoms with Crippen LogP contribution in [0.5, 0.6) is 0 Å². The van der Waals surface area contributed by atoms with Gasteiger partial charge in [-0.05, 0) is 39.8 Å². The minimum Gasteiger partial charge on any atom is -0.361 e. The summed E-state index contributed by atoms with van der Waals surface area (Å²) in [5.74, 6) is 0.569. The second-order valence-electron chi connectivity index (χ2n) is 5.82. The molecule has 0 saturated carbocycles. The zero-order valence-electron chi connectivity index (χ0n) is 14.3. The Morgan fingerprint density at radius 1 is 1.12 bits per heavy atom. The fraction of sp³-hybridized carbons (Fsp3) is 0.278. The summed E-state index contributed by atoms with van der Waals surface area (Å²) in [6.45, 7) is 7.48. The van der Waals surface area contributed by atoms with Crippen LogP contribution in [0, 0.1) is 27.7 Å². The van der Waals surface area contributed by atoms with E-state index >= 15 is 0 Å². The predicted molar refractivity (Wildman–Crippen MR) is 91.3 cm³/mol. The summed E-state index contributed by atoms with van der Waals surface area (Å²) in [6.07, 6.45) is 0.233. The van der Waals surface area contributed by atoms with Gasteiger partial charge in [-0.3, -0.25) is 4.79 Å². The van der Waals surface area contributed by atoms with Gasteiger partial charge < -0.3 is 9.84 Å². The third-order valence-electron chi connectivity index (χ3n) is 4.08. The lowest BCUT2D eigenvalue weighted by Gasteiger charge is -2.07. The van der Waals surface area contributed by atoms with Crippen molar-refractivity contribution in [3.8, 4) is 5.69 Å². The van der Waals surface area contributed by atoms with E-state index in [-0.39, 0.29) is 12.3 Å². The van der Waals surface area contributed by atoms with Crippen molar-refractivity contribution in [2.75, 3.05) is 5.32 Å². The fourth-order valence-electron chi connectivity index (χ4n) is 2.74. The summed E-state index contributed by atoms with van der Waals surface area (Å²) in [7, 11) is 0. The molecule has 6 nitrogen and oxygen atoms in total. The molecule has 1 aromatic carbocycles. The van der Waals surface area contributed by atoms with Gasteiger partial charge in [-0.15, -0.1) is 0 Å². The number of hydrogen-bond donors (Lipinski definition) is 1. The molecule has 0 saturated heterocycles. The van der Waals surface area contributed by atoms with Gasteiger partial charge in [-0.1, -0.05) is 23.4 Å². The monoisotopic (exact) mass is 324 g/mol. The summed E-state index contributed by atoms with van der Waals surface area (Å²) in [5, 5.41) is 11.4. The maximum absolute atomic E-state index is 12.4. The first kappa shape index (κ1) is 16.0. The molecule has 1 N–H and O–H groups in total. The number of para-hydroxylation sites is 1. The lowest BCUT2D eigenvalue weighted by Crippen LogP contribution is -2.16. The zero-order valence-corrected chi connectivity index (χ0v) is 14.3. The Hall–Kier alpha value is -2.89. The van der Waals surface area contributed by atoms with E-state index in [1.54, 1.807) is 0 Å². The molecule has 0 atom stereocenters. The Labute approximate surface area is 140 Å². The van der Waals surface area contributed by atoms with Crippen LogP contribution >= 0.6 is 0 Å². The van der Waals surface area contributed by atoms with Crippen LogP contribution in [0.3, 0.4) is 0 Å². The summed E-state index contributed by atoms with van der Waals surface area (Å²) in [4.78, 5) is 12.4. The predicted octanol–water partition coefficient (Wildman–Crippen LogP) is 3.28. The van der Waals surface area contributed by atoms with Gasteiger partial charge >= 0.3 is 0 Å². The number of carbonyl (C=O) groups is 1. The Kier molecular flexibility index (Phi) is 4.20. The van der Waals surface area contributed by atoms with Crippen LogP contribution in [0.4, 0.5) is 5.69 Å². The number of amides is 1. The van der Waals surface area contributed by atoms with Crippen molar-refractivity contribution in [3.63, 3.8) is 0 Å². The van der Waals surface area contributed by atoms with Crippen molar-refractivity contribution in [1.29, 1.82) is 0 Å². The van der Waals surface area contributed by atoms with Crippen molar-refractivity contribution in [1.82, 2.24) is 14.9 Å². The molecule has 24 heavy (non-hydrogen) atoms. The van der Waals surface area contributed by atoms with Gasteiger partial charge in [-0.25, -0.2) is 4.68 Å². The molecular formula is C18H20N4O2. The minimum absolute atomic E-state index is 0.108. The average Bonchev–Trinajstić information content (AvgIpc) is 3.03. The molecule has 2 aromatic heterocycles. The van der Waals surface area contributed by atoms with Gasteiger partial charge in [-0.2, -0.15) is 5.10 Å². The van der Waals surface area contributed by atoms with Crippen molar-refractivity contribution in [3.05, 3.63) is 58.7 Å². The number of nitrogens with zero attached hydrogens (tertiary/aromatic N) is 3. The topological polar surface area (TPSA) is 73.0 Å². The third kappa shape index (κ3) is 2.95. The minimum atomic E-state index is -0.108. The van der Waals surface area contributed by atoms with E-state index in [2.05, 4.69) is 15.6 Å². The number of carbonyl (C=O) groups excluding carboxylic acids is 1. The molecule has 6 heteroatoms. The normalized spacial score (nSPS) is 10.8. The van der Waals surface area contributed by atoms with Crippen LogP contribution in [0.1, 0.15) is 28.4 Å². The zero-order chi connectivity index (χ0) is 17.3. The summed E-state index contributed by atoms with van der Waals surface area (Å²) >= 11 is 0. The van der Waals surface area contributed by atoms with Gasteiger partial charge in [0.05, 0.1) is 34.9 Å². The van der Waals surface area contributed by atoms with Crippen LogP contribution in [0.25, 0.3) is 5.69 Å². The first-order valence-corrected chi connectivity index (χ1v) is 7.80. The third-order valence-corrected chi connectivity index (χ3v) is 4.08. The maximum Gasteiger partial charge on any atom is 0.229 e. The first-order chi connectivity index (χ1) is 11.5. The van der Waals surface area contributed by atoms with E-state index in [4.69, 9.17) is 4.52 Å². The van der Waals surface area contributed by atoms with Crippen LogP contribution in [0.2, 0.25) is 0 Å². The Bertz CT molecular complexity index is 859. The maximum atomic E-state index is 12.4. The molecule has 1 amide bonds. The van der Waals surface area contributed by atoms with E-state index in [1.807, 2.05) is 62.7 Å². The highest BCUT2D eigenvalue weighted by atomic mass is 16.5. The van der Waals surface area contributed by atoms with E-state index in [0.29, 0.717) is 5.76 Å². The molecule has 124 valence electrons. The molecule has 0 fully saturated rings. The second-order valence-corrected chi connectivity index (χ2v) is 5.82. The molecule has 0 unspecified atom stereocenters. The van der Waals surface area contributed by atoms with Crippen LogP contribution < -0.4 is 5.32 Å². The largest absolute Gasteiger partial charge is 0.361 e. The summed E-state index contributed by atoms with van der Waals surface area (Å²) in [6, 6.07) is 9.84. The van der Waals surface area contributed by atoms with Gasteiger partial charge in [0.2, 0.25) is 5.91 Å². The molecular weight excluding hydrogens is 304 g/mol. The molecule has 2 heterocycles. The van der Waals surface area contributed by atoms with Crippen molar-refractivity contribution >= 4 is 11.6 Å². The molecule has 0 radical (unpaired) electrons. The van der Waals surface area contributed by atoms with E-state index in [9.17, 15) is 4.79 Å². The molecule has 0 spiro atoms. The summed E-state index contributed by atoms with van der Waals surface area (Å²) in [5.41, 5.74) is 4.96. The number of aryl methyl sites for hydroxylation is 3. The smallest absolute Gasteiger partial charge is 0.229 e. The SMILES string of the molecule is Cc1noc(C)c1CC(=O)Nc1c(C)nn(-c2ccccc2)c1C. The standard InChI is InChI=1S/C18H20N4O2/c1-11-16(14(4)24-21-11)10-17(23)19-18-12(2)20-22(13(18)3)15-8-6-5-7-9-15/h5-9H,10H2,1-4H3,(H,19,23). The van der Waals surface area contributed by atoms with Crippen molar-refractivity contribution in [2.24, 2.45) is 0 Å². The Balaban J connectivity index is 1.83. The number of anilines is 1. The molecule has 3 aromatic rings. The van der Waals surface area contributed by atoms with Crippen LogP contribution in [-0.2, 0) is 11.2 Å². The summed E-state index contributed by atoms with van der Waals surface area (Å²) < 4.78 is 6.94. The fourth-order valence-corrected chi connectivity index (χ4v) is 2.74. The molecule has 0 aliphatic carbocycles. The highest BCUT2D eigenvalue weighted by Crippen LogP contribution is 2.23. The highest BCUT2D eigenvalue weighted by molar-refractivity contribution is 5.93. The number of aromatic nitrogens is 3. The molecule has 0 bridgehead atoms. The van der Waals surface area contributed by atoms with Crippen molar-refractivity contribution in [2.45, 2.75) is 34.1 Å². The number of nitrogens with one attached hydrogen (secondary N) is 1. The quantitative estimate of drug-likeness (QED) is 0.799. The lowest BCUT2D eigenvalue weighted by atomic mass is 10.1. The first-order valence-electron chi connectivity index (χ1n) is 7.80. The van der Waals surface area contributed by atoms with E-state index in [0.717, 1.165) is 34.0 Å². The van der Waals surface area contributed by atoms with Crippen molar-refractivity contribution < 1.29 is 9.32 Å². The Morgan fingerprint density at radius 3 is 2.46 bits per heavy atom. The average molecular weight is 324 g/mol. The van der Waals surface area contributed by atoms with Gasteiger partial charge in [0.1, 0.15) is 5.76 Å². The van der Waals surface area contributed by atoms with Gasteiger partial charge in [0.25, 0.3) is 0 Å². The lowest BCUT2D eigenvalue weighted by molar-refractivity contribution is -0.115. The van der Waals surface area contributed by atoms with Crippen LogP contribution in [0.15, 0.2) is 34.9 Å². The van der Waals surface area contributed by atoms with Crippen LogP contribution in [-0.4, -0.2) is 20.8 Å². The van der Waals surface area contributed by atoms with E-state index < -0.39 is 0 Å². The second kappa shape index (κ2) is 6.31. The number of rotatable bonds is 4. The number of hydrogen-bond acceptors (Lipinski definition) is 4. The Morgan fingerprint density at radius 2 is 1.83 bits per heavy atom. The molecule has 0 aliphatic rings.